The summed E-state index contributed by atoms with van der Waals surface area (Å²) in [6.07, 6.45) is 1.72. The Morgan fingerprint density at radius 1 is 0.974 bits per heavy atom. The minimum atomic E-state index is -0.795. The van der Waals surface area contributed by atoms with E-state index in [9.17, 15) is 19.2 Å². The molecule has 0 amide bonds. The molecule has 1 unspecified atom stereocenters. The van der Waals surface area contributed by atoms with Gasteiger partial charge in [0.1, 0.15) is 11.6 Å². The van der Waals surface area contributed by atoms with Crippen LogP contribution >= 0.6 is 0 Å². The first-order chi connectivity index (χ1) is 18.2. The molecule has 0 radical (unpaired) electrons. The Bertz CT molecular complexity index is 1590. The number of aryl methyl sites for hydroxylation is 2. The summed E-state index contributed by atoms with van der Waals surface area (Å²) in [7, 11) is 2.76. The molecule has 4 aromatic rings. The lowest BCUT2D eigenvalue weighted by molar-refractivity contribution is 0.0595. The molecule has 0 spiro atoms. The van der Waals surface area contributed by atoms with E-state index in [0.29, 0.717) is 22.3 Å². The summed E-state index contributed by atoms with van der Waals surface area (Å²) in [5, 5.41) is 13.3. The van der Waals surface area contributed by atoms with Crippen LogP contribution in [0.25, 0.3) is 11.1 Å². The molecule has 194 valence electrons. The minimum Gasteiger partial charge on any atom is -0.465 e. The lowest BCUT2D eigenvalue weighted by Crippen LogP contribution is -2.18. The third-order valence-corrected chi connectivity index (χ3v) is 6.58. The molecule has 0 aliphatic heterocycles. The second-order valence-electron chi connectivity index (χ2n) is 8.95. The van der Waals surface area contributed by atoms with Crippen molar-refractivity contribution in [2.45, 2.75) is 19.3 Å². The number of halogens is 2. The van der Waals surface area contributed by atoms with Crippen molar-refractivity contribution in [1.82, 2.24) is 4.57 Å². The number of ether oxygens (including phenoxy) is 1. The van der Waals surface area contributed by atoms with Crippen molar-refractivity contribution in [3.05, 3.63) is 129 Å². The summed E-state index contributed by atoms with van der Waals surface area (Å²) in [5.41, 5.74) is 3.37. The predicted molar refractivity (Wildman–Crippen MR) is 141 cm³/mol. The van der Waals surface area contributed by atoms with Gasteiger partial charge in [-0.25, -0.2) is 13.6 Å². The van der Waals surface area contributed by atoms with Gasteiger partial charge >= 0.3 is 5.97 Å². The highest BCUT2D eigenvalue weighted by Gasteiger charge is 2.24. The van der Waals surface area contributed by atoms with Gasteiger partial charge in [0, 0.05) is 37.2 Å². The predicted octanol–water partition coefficient (Wildman–Crippen LogP) is 5.83. The van der Waals surface area contributed by atoms with Crippen molar-refractivity contribution in [2.24, 2.45) is 12.2 Å². The zero-order chi connectivity index (χ0) is 27.4. The molecule has 0 aliphatic carbocycles. The summed E-state index contributed by atoms with van der Waals surface area (Å²) in [6, 6.07) is 19.1. The number of carbonyl (C=O) groups is 1. The fraction of sp³-hybridized carbons (Fsp3) is 0.167. The van der Waals surface area contributed by atoms with E-state index in [-0.39, 0.29) is 23.3 Å². The Balaban J connectivity index is 1.76. The van der Waals surface area contributed by atoms with Crippen LogP contribution in [0.4, 0.5) is 8.78 Å². The highest BCUT2D eigenvalue weighted by molar-refractivity contribution is 6.00. The highest BCUT2D eigenvalue weighted by Crippen LogP contribution is 2.35. The number of aromatic nitrogens is 1. The summed E-state index contributed by atoms with van der Waals surface area (Å²) in [5.74, 6) is -2.60. The summed E-state index contributed by atoms with van der Waals surface area (Å²) < 4.78 is 36.2. The first-order valence-corrected chi connectivity index (χ1v) is 11.8. The van der Waals surface area contributed by atoms with Crippen molar-refractivity contribution in [3.8, 4) is 11.1 Å². The highest BCUT2D eigenvalue weighted by atomic mass is 19.1. The fourth-order valence-electron chi connectivity index (χ4n) is 4.50. The van der Waals surface area contributed by atoms with Crippen LogP contribution < -0.4 is 5.56 Å². The molecule has 1 atom stereocenters. The second-order valence-corrected chi connectivity index (χ2v) is 8.95. The van der Waals surface area contributed by atoms with Crippen LogP contribution in [0.15, 0.2) is 88.9 Å². The molecular weight excluding hydrogens is 490 g/mol. The standard InChI is InChI=1S/C30H26F2N2O4/c1-18-6-4-5-7-22(18)25(16-28(33-37)21-10-13-29(35)34(2)17-21)23-11-8-19(14-26(23)31)20-9-12-24(27(32)15-20)30(36)38-3/h4-15,17,25,37H,16H2,1-3H3/b33-28-. The maximum atomic E-state index is 15.7. The molecule has 0 saturated carbocycles. The number of hydrogen-bond donors (Lipinski definition) is 1. The molecule has 1 aromatic heterocycles. The monoisotopic (exact) mass is 516 g/mol. The molecule has 0 aliphatic rings. The number of carbonyl (C=O) groups excluding carboxylic acids is 1. The third-order valence-electron chi connectivity index (χ3n) is 6.58. The first kappa shape index (κ1) is 26.5. The molecule has 8 heteroatoms. The van der Waals surface area contributed by atoms with Crippen LogP contribution in [-0.4, -0.2) is 28.6 Å². The number of benzene rings is 3. The first-order valence-electron chi connectivity index (χ1n) is 11.8. The normalized spacial score (nSPS) is 12.3. The second kappa shape index (κ2) is 11.2. The molecule has 0 bridgehead atoms. The SMILES string of the molecule is COC(=O)c1ccc(-c2ccc(C(C/C(=N/O)c3ccc(=O)n(C)c3)c3ccccc3C)c(F)c2)cc1F. The topological polar surface area (TPSA) is 80.9 Å². The number of rotatable bonds is 7. The largest absolute Gasteiger partial charge is 0.465 e. The van der Waals surface area contributed by atoms with Crippen molar-refractivity contribution in [1.29, 1.82) is 0 Å². The lowest BCUT2D eigenvalue weighted by Gasteiger charge is -2.22. The molecular formula is C30H26F2N2O4. The van der Waals surface area contributed by atoms with Crippen molar-refractivity contribution in [3.63, 3.8) is 0 Å². The average Bonchev–Trinajstić information content (AvgIpc) is 2.91. The summed E-state index contributed by atoms with van der Waals surface area (Å²) in [4.78, 5) is 23.5. The van der Waals surface area contributed by atoms with Crippen LogP contribution in [-0.2, 0) is 11.8 Å². The molecule has 1 N–H and O–H groups in total. The Hall–Kier alpha value is -4.59. The van der Waals surface area contributed by atoms with Gasteiger partial charge in [-0.05, 0) is 59.0 Å². The number of methoxy groups -OCH3 is 1. The molecule has 1 heterocycles. The number of nitrogens with zero attached hydrogens (tertiary/aromatic N) is 2. The van der Waals surface area contributed by atoms with E-state index in [0.717, 1.165) is 17.2 Å². The molecule has 0 saturated heterocycles. The van der Waals surface area contributed by atoms with E-state index in [2.05, 4.69) is 9.89 Å². The zero-order valence-corrected chi connectivity index (χ0v) is 21.1. The Kier molecular flexibility index (Phi) is 7.81. The van der Waals surface area contributed by atoms with E-state index in [1.807, 2.05) is 31.2 Å². The Labute approximate surface area is 218 Å². The number of hydrogen-bond acceptors (Lipinski definition) is 5. The van der Waals surface area contributed by atoms with Crippen molar-refractivity contribution < 1.29 is 23.5 Å². The quantitative estimate of drug-likeness (QED) is 0.145. The maximum absolute atomic E-state index is 15.7. The molecule has 4 rings (SSSR count). The third kappa shape index (κ3) is 5.39. The van der Waals surface area contributed by atoms with Gasteiger partial charge in [0.2, 0.25) is 5.56 Å². The minimum absolute atomic E-state index is 0.151. The average molecular weight is 517 g/mol. The van der Waals surface area contributed by atoms with E-state index in [1.165, 1.54) is 35.9 Å². The lowest BCUT2D eigenvalue weighted by atomic mass is 9.83. The Morgan fingerprint density at radius 2 is 1.66 bits per heavy atom. The number of esters is 1. The number of oxime groups is 1. The summed E-state index contributed by atoms with van der Waals surface area (Å²) in [6.45, 7) is 1.92. The molecule has 3 aromatic carbocycles. The molecule has 38 heavy (non-hydrogen) atoms. The van der Waals surface area contributed by atoms with Crippen LogP contribution in [0.2, 0.25) is 0 Å². The van der Waals surface area contributed by atoms with E-state index in [4.69, 9.17) is 0 Å². The maximum Gasteiger partial charge on any atom is 0.340 e. The van der Waals surface area contributed by atoms with Crippen LogP contribution in [0, 0.1) is 18.6 Å². The summed E-state index contributed by atoms with van der Waals surface area (Å²) >= 11 is 0. The van der Waals surface area contributed by atoms with E-state index >= 15 is 4.39 Å². The van der Waals surface area contributed by atoms with Crippen molar-refractivity contribution >= 4 is 11.7 Å². The van der Waals surface area contributed by atoms with Crippen LogP contribution in [0.1, 0.15) is 45.0 Å². The van der Waals surface area contributed by atoms with Gasteiger partial charge in [0.15, 0.2) is 0 Å². The van der Waals surface area contributed by atoms with Crippen LogP contribution in [0.5, 0.6) is 0 Å². The van der Waals surface area contributed by atoms with Crippen molar-refractivity contribution in [2.75, 3.05) is 7.11 Å². The number of pyridine rings is 1. The van der Waals surface area contributed by atoms with Gasteiger partial charge in [0.05, 0.1) is 18.4 Å². The van der Waals surface area contributed by atoms with Gasteiger partial charge in [-0.3, -0.25) is 4.79 Å². The van der Waals surface area contributed by atoms with Gasteiger partial charge in [0.25, 0.3) is 0 Å². The van der Waals surface area contributed by atoms with Gasteiger partial charge < -0.3 is 14.5 Å². The smallest absolute Gasteiger partial charge is 0.340 e. The van der Waals surface area contributed by atoms with E-state index in [1.54, 1.807) is 31.4 Å². The Morgan fingerprint density at radius 3 is 2.26 bits per heavy atom. The fourth-order valence-corrected chi connectivity index (χ4v) is 4.50. The molecule has 0 fully saturated rings. The molecule has 6 nitrogen and oxygen atoms in total. The zero-order valence-electron chi connectivity index (χ0n) is 21.1. The van der Waals surface area contributed by atoms with Gasteiger partial charge in [-0.15, -0.1) is 0 Å². The van der Waals surface area contributed by atoms with E-state index < -0.39 is 23.5 Å². The van der Waals surface area contributed by atoms with Gasteiger partial charge in [-0.1, -0.05) is 47.6 Å². The van der Waals surface area contributed by atoms with Gasteiger partial charge in [-0.2, -0.15) is 0 Å². The van der Waals surface area contributed by atoms with Crippen LogP contribution in [0.3, 0.4) is 0 Å².